The Balaban J connectivity index is 1.64. The molecular weight excluding hydrogens is 398 g/mol. The summed E-state index contributed by atoms with van der Waals surface area (Å²) in [6.07, 6.45) is 0.205. The largest absolute Gasteiger partial charge is 0.493 e. The van der Waals surface area contributed by atoms with E-state index in [-0.39, 0.29) is 36.1 Å². The standard InChI is InChI=1S/C19H25N3O6S/c1-13-19(14(2)28-20-13)29(24,25)22-9-7-21(8-10-22)18(23)12-15-5-6-16(26-3)17(11-15)27-4/h5-6,11H,7-10,12H2,1-4H3. The summed E-state index contributed by atoms with van der Waals surface area (Å²) in [4.78, 5) is 14.5. The van der Waals surface area contributed by atoms with Crippen molar-refractivity contribution in [1.29, 1.82) is 0 Å². The molecule has 158 valence electrons. The third-order valence-corrected chi connectivity index (χ3v) is 7.10. The molecule has 0 N–H and O–H groups in total. The number of carbonyl (C=O) groups is 1. The summed E-state index contributed by atoms with van der Waals surface area (Å²) in [5.41, 5.74) is 1.15. The number of aromatic nitrogens is 1. The van der Waals surface area contributed by atoms with Gasteiger partial charge in [-0.15, -0.1) is 0 Å². The van der Waals surface area contributed by atoms with Crippen LogP contribution >= 0.6 is 0 Å². The number of piperazine rings is 1. The van der Waals surface area contributed by atoms with Crippen LogP contribution in [0.15, 0.2) is 27.6 Å². The summed E-state index contributed by atoms with van der Waals surface area (Å²) in [6, 6.07) is 5.35. The number of sulfonamides is 1. The van der Waals surface area contributed by atoms with Crippen LogP contribution < -0.4 is 9.47 Å². The quantitative estimate of drug-likeness (QED) is 0.692. The molecule has 0 atom stereocenters. The van der Waals surface area contributed by atoms with Crippen molar-refractivity contribution in [3.05, 3.63) is 35.2 Å². The highest BCUT2D eigenvalue weighted by Gasteiger charge is 2.34. The summed E-state index contributed by atoms with van der Waals surface area (Å²) >= 11 is 0. The highest BCUT2D eigenvalue weighted by molar-refractivity contribution is 7.89. The van der Waals surface area contributed by atoms with Gasteiger partial charge < -0.3 is 18.9 Å². The molecule has 3 rings (SSSR count). The Morgan fingerprint density at radius 2 is 1.76 bits per heavy atom. The summed E-state index contributed by atoms with van der Waals surface area (Å²) in [5.74, 6) is 1.37. The van der Waals surface area contributed by atoms with Gasteiger partial charge in [-0.3, -0.25) is 4.79 Å². The third kappa shape index (κ3) is 4.23. The van der Waals surface area contributed by atoms with Gasteiger partial charge in [0.25, 0.3) is 0 Å². The van der Waals surface area contributed by atoms with E-state index in [4.69, 9.17) is 14.0 Å². The molecule has 29 heavy (non-hydrogen) atoms. The third-order valence-electron chi connectivity index (χ3n) is 4.96. The smallest absolute Gasteiger partial charge is 0.248 e. The maximum atomic E-state index is 12.9. The molecule has 0 bridgehead atoms. The van der Waals surface area contributed by atoms with E-state index >= 15 is 0 Å². The zero-order valence-electron chi connectivity index (χ0n) is 17.0. The van der Waals surface area contributed by atoms with Crippen molar-refractivity contribution in [3.63, 3.8) is 0 Å². The van der Waals surface area contributed by atoms with Crippen LogP contribution in [-0.2, 0) is 21.2 Å². The van der Waals surface area contributed by atoms with Gasteiger partial charge in [0.05, 0.1) is 20.6 Å². The molecule has 1 aromatic carbocycles. The van der Waals surface area contributed by atoms with E-state index in [1.165, 1.54) is 4.31 Å². The van der Waals surface area contributed by atoms with Crippen molar-refractivity contribution < 1.29 is 27.2 Å². The maximum absolute atomic E-state index is 12.9. The number of hydrogen-bond acceptors (Lipinski definition) is 7. The number of ether oxygens (including phenoxy) is 2. The lowest BCUT2D eigenvalue weighted by Crippen LogP contribution is -2.51. The molecule has 10 heteroatoms. The Bertz CT molecular complexity index is 974. The first-order valence-electron chi connectivity index (χ1n) is 9.19. The minimum absolute atomic E-state index is 0.0633. The molecule has 0 aliphatic carbocycles. The fraction of sp³-hybridized carbons (Fsp3) is 0.474. The summed E-state index contributed by atoms with van der Waals surface area (Å²) in [5, 5.41) is 3.73. The van der Waals surface area contributed by atoms with Crippen LogP contribution in [0, 0.1) is 13.8 Å². The molecule has 2 aromatic rings. The highest BCUT2D eigenvalue weighted by Crippen LogP contribution is 2.28. The Morgan fingerprint density at radius 3 is 2.31 bits per heavy atom. The van der Waals surface area contributed by atoms with Crippen molar-refractivity contribution in [2.75, 3.05) is 40.4 Å². The Hall–Kier alpha value is -2.59. The minimum Gasteiger partial charge on any atom is -0.493 e. The van der Waals surface area contributed by atoms with Gasteiger partial charge in [-0.1, -0.05) is 11.2 Å². The second-order valence-corrected chi connectivity index (χ2v) is 8.68. The summed E-state index contributed by atoms with van der Waals surface area (Å²) in [6.45, 7) is 4.29. The molecule has 0 spiro atoms. The van der Waals surface area contributed by atoms with Crippen molar-refractivity contribution in [2.45, 2.75) is 25.2 Å². The first-order chi connectivity index (χ1) is 13.8. The molecular formula is C19H25N3O6S. The number of carbonyl (C=O) groups excluding carboxylic acids is 1. The SMILES string of the molecule is COc1ccc(CC(=O)N2CCN(S(=O)(=O)c3c(C)noc3C)CC2)cc1OC. The van der Waals surface area contributed by atoms with Crippen molar-refractivity contribution in [2.24, 2.45) is 0 Å². The monoisotopic (exact) mass is 423 g/mol. The van der Waals surface area contributed by atoms with Crippen LogP contribution in [0.2, 0.25) is 0 Å². The number of benzene rings is 1. The second kappa shape index (κ2) is 8.42. The summed E-state index contributed by atoms with van der Waals surface area (Å²) < 4.78 is 42.6. The van der Waals surface area contributed by atoms with Gasteiger partial charge in [-0.25, -0.2) is 8.42 Å². The molecule has 0 unspecified atom stereocenters. The van der Waals surface area contributed by atoms with E-state index in [1.807, 2.05) is 6.07 Å². The first kappa shape index (κ1) is 21.1. The fourth-order valence-electron chi connectivity index (χ4n) is 3.43. The van der Waals surface area contributed by atoms with Gasteiger partial charge in [-0.05, 0) is 31.5 Å². The topological polar surface area (TPSA) is 102 Å². The molecule has 1 aromatic heterocycles. The zero-order valence-corrected chi connectivity index (χ0v) is 17.8. The lowest BCUT2D eigenvalue weighted by atomic mass is 10.1. The van der Waals surface area contributed by atoms with Gasteiger partial charge >= 0.3 is 0 Å². The Labute approximate surface area is 170 Å². The van der Waals surface area contributed by atoms with E-state index in [0.717, 1.165) is 5.56 Å². The van der Waals surface area contributed by atoms with E-state index < -0.39 is 10.0 Å². The van der Waals surface area contributed by atoms with Gasteiger partial charge in [-0.2, -0.15) is 4.31 Å². The molecule has 1 aliphatic rings. The number of rotatable bonds is 6. The van der Waals surface area contributed by atoms with Crippen LogP contribution in [-0.4, -0.2) is 69.1 Å². The average molecular weight is 423 g/mol. The first-order valence-corrected chi connectivity index (χ1v) is 10.6. The molecule has 0 radical (unpaired) electrons. The zero-order chi connectivity index (χ0) is 21.2. The number of hydrogen-bond donors (Lipinski definition) is 0. The molecule has 1 saturated heterocycles. The van der Waals surface area contributed by atoms with Crippen molar-refractivity contribution in [1.82, 2.24) is 14.4 Å². The average Bonchev–Trinajstić information content (AvgIpc) is 3.06. The van der Waals surface area contributed by atoms with Crippen LogP contribution in [0.1, 0.15) is 17.0 Å². The van der Waals surface area contributed by atoms with E-state index in [9.17, 15) is 13.2 Å². The number of amides is 1. The van der Waals surface area contributed by atoms with Crippen LogP contribution in [0.4, 0.5) is 0 Å². The number of aryl methyl sites for hydroxylation is 2. The molecule has 1 amide bonds. The molecule has 1 fully saturated rings. The van der Waals surface area contributed by atoms with Crippen molar-refractivity contribution in [3.8, 4) is 11.5 Å². The van der Waals surface area contributed by atoms with Crippen LogP contribution in [0.5, 0.6) is 11.5 Å². The van der Waals surface area contributed by atoms with Crippen molar-refractivity contribution >= 4 is 15.9 Å². The van der Waals surface area contributed by atoms with Crippen LogP contribution in [0.3, 0.4) is 0 Å². The number of methoxy groups -OCH3 is 2. The van der Waals surface area contributed by atoms with E-state index in [1.54, 1.807) is 45.1 Å². The predicted octanol–water partition coefficient (Wildman–Crippen LogP) is 1.38. The lowest BCUT2D eigenvalue weighted by molar-refractivity contribution is -0.131. The molecule has 2 heterocycles. The van der Waals surface area contributed by atoms with Gasteiger partial charge in [0, 0.05) is 26.2 Å². The van der Waals surface area contributed by atoms with Gasteiger partial charge in [0.1, 0.15) is 10.6 Å². The predicted molar refractivity (Wildman–Crippen MR) is 105 cm³/mol. The Kier molecular flexibility index (Phi) is 6.13. The maximum Gasteiger partial charge on any atom is 0.248 e. The fourth-order valence-corrected chi connectivity index (χ4v) is 5.14. The van der Waals surface area contributed by atoms with E-state index in [0.29, 0.717) is 30.3 Å². The van der Waals surface area contributed by atoms with Crippen LogP contribution in [0.25, 0.3) is 0 Å². The number of nitrogens with zero attached hydrogens (tertiary/aromatic N) is 3. The van der Waals surface area contributed by atoms with E-state index in [2.05, 4.69) is 5.16 Å². The lowest BCUT2D eigenvalue weighted by Gasteiger charge is -2.34. The minimum atomic E-state index is -3.70. The Morgan fingerprint density at radius 1 is 1.10 bits per heavy atom. The molecule has 0 saturated carbocycles. The highest BCUT2D eigenvalue weighted by atomic mass is 32.2. The normalized spacial score (nSPS) is 15.4. The molecule has 1 aliphatic heterocycles. The molecule has 9 nitrogen and oxygen atoms in total. The van der Waals surface area contributed by atoms with Gasteiger partial charge in [0.15, 0.2) is 17.3 Å². The second-order valence-electron chi connectivity index (χ2n) is 6.80. The summed E-state index contributed by atoms with van der Waals surface area (Å²) in [7, 11) is -0.598. The van der Waals surface area contributed by atoms with Gasteiger partial charge in [0.2, 0.25) is 15.9 Å².